The van der Waals surface area contributed by atoms with E-state index in [-0.39, 0.29) is 25.3 Å². The predicted octanol–water partition coefficient (Wildman–Crippen LogP) is 1.12. The molecule has 0 aromatic heterocycles. The van der Waals surface area contributed by atoms with Crippen LogP contribution in [0.3, 0.4) is 0 Å². The van der Waals surface area contributed by atoms with Crippen molar-refractivity contribution in [1.29, 1.82) is 5.26 Å². The third-order valence-corrected chi connectivity index (χ3v) is 0. The third kappa shape index (κ3) is 2820. The number of nitrogens with zero attached hydrogens (tertiary/aromatic N) is 1. The van der Waals surface area contributed by atoms with Crippen LogP contribution in [0.25, 0.3) is 0 Å². The van der Waals surface area contributed by atoms with Crippen LogP contribution in [-0.4, -0.2) is 5.78 Å². The Morgan fingerprint density at radius 1 is 1.50 bits per heavy atom. The molecule has 0 spiro atoms. The topological polar surface area (TPSA) is 40.9 Å². The van der Waals surface area contributed by atoms with Crippen LogP contribution in [0.1, 0.15) is 20.8 Å². The Morgan fingerprint density at radius 2 is 1.50 bits per heavy atom. The van der Waals surface area contributed by atoms with Gasteiger partial charge < -0.3 is 4.79 Å². The molecule has 0 aliphatic carbocycles. The average Bonchev–Trinajstić information content (AvgIpc) is 1.33. The summed E-state index contributed by atoms with van der Waals surface area (Å²) in [6.45, 7) is 4.49. The Hall–Kier alpha value is -0.217. The van der Waals surface area contributed by atoms with Gasteiger partial charge in [-0.15, -0.1) is 0 Å². The zero-order valence-corrected chi connectivity index (χ0v) is 8.53. The van der Waals surface area contributed by atoms with Crippen molar-refractivity contribution in [1.82, 2.24) is 0 Å². The standard InChI is InChI=1S/C3H6O.C2H3N.Zn/c1-3(2)4;1-2-3;/h1-2H3;1H3;. The quantitative estimate of drug-likeness (QED) is 0.504. The Bertz CT molecular complexity index is 80.9. The Labute approximate surface area is 62.6 Å². The van der Waals surface area contributed by atoms with E-state index >= 15 is 0 Å². The van der Waals surface area contributed by atoms with Crippen LogP contribution in [0.15, 0.2) is 0 Å². The molecule has 0 bridgehead atoms. The van der Waals surface area contributed by atoms with Crippen LogP contribution in [-0.2, 0) is 24.3 Å². The molecule has 0 amide bonds. The van der Waals surface area contributed by atoms with Gasteiger partial charge in [-0.05, 0) is 13.8 Å². The summed E-state index contributed by atoms with van der Waals surface area (Å²) in [7, 11) is 0. The average molecular weight is 165 g/mol. The molecule has 3 heteroatoms. The number of Topliss-reactive ketones (excluding diaryl/α,β-unsaturated/α-hetero) is 1. The Morgan fingerprint density at radius 3 is 1.50 bits per heavy atom. The van der Waals surface area contributed by atoms with E-state index in [1.54, 1.807) is 6.07 Å². The second kappa shape index (κ2) is 15.9. The molecule has 0 saturated carbocycles. The zero-order valence-electron chi connectivity index (χ0n) is 5.56. The number of ketones is 1. The first-order valence-corrected chi connectivity index (χ1v) is 1.93. The van der Waals surface area contributed by atoms with Gasteiger partial charge in [0.1, 0.15) is 5.78 Å². The van der Waals surface area contributed by atoms with Crippen molar-refractivity contribution in [3.05, 3.63) is 0 Å². The van der Waals surface area contributed by atoms with Crippen LogP contribution in [0.4, 0.5) is 0 Å². The SMILES string of the molecule is CC#N.CC(C)=O.[Zn]. The molecule has 42 valence electrons. The molecule has 0 atom stereocenters. The summed E-state index contributed by atoms with van der Waals surface area (Å²) in [6, 6.07) is 1.75. The maximum atomic E-state index is 9.44. The van der Waals surface area contributed by atoms with Gasteiger partial charge in [-0.1, -0.05) is 0 Å². The van der Waals surface area contributed by atoms with Crippen molar-refractivity contribution in [2.24, 2.45) is 0 Å². The van der Waals surface area contributed by atoms with Crippen molar-refractivity contribution in [3.63, 3.8) is 0 Å². The first kappa shape index (κ1) is 15.7. The minimum Gasteiger partial charge on any atom is -0.300 e. The smallest absolute Gasteiger partial charge is 0.126 e. The van der Waals surface area contributed by atoms with Crippen LogP contribution < -0.4 is 0 Å². The molecule has 2 nitrogen and oxygen atoms in total. The summed E-state index contributed by atoms with van der Waals surface area (Å²) in [5.41, 5.74) is 0. The second-order valence-corrected chi connectivity index (χ2v) is 1.13. The van der Waals surface area contributed by atoms with Crippen LogP contribution in [0.2, 0.25) is 0 Å². The number of carbonyl (C=O) groups is 1. The van der Waals surface area contributed by atoms with Crippen molar-refractivity contribution < 1.29 is 24.3 Å². The van der Waals surface area contributed by atoms with E-state index < -0.39 is 0 Å². The summed E-state index contributed by atoms with van der Waals surface area (Å²) in [5, 5.41) is 7.32. The van der Waals surface area contributed by atoms with Gasteiger partial charge in [0, 0.05) is 26.4 Å². The van der Waals surface area contributed by atoms with Gasteiger partial charge in [-0.3, -0.25) is 0 Å². The molecule has 0 radical (unpaired) electrons. The number of carbonyl (C=O) groups excluding carboxylic acids is 1. The summed E-state index contributed by atoms with van der Waals surface area (Å²) in [4.78, 5) is 9.44. The predicted molar refractivity (Wildman–Crippen MR) is 27.6 cm³/mol. The van der Waals surface area contributed by atoms with E-state index in [0.717, 1.165) is 0 Å². The van der Waals surface area contributed by atoms with Gasteiger partial charge in [0.15, 0.2) is 0 Å². The monoisotopic (exact) mass is 163 g/mol. The number of rotatable bonds is 0. The van der Waals surface area contributed by atoms with Crippen molar-refractivity contribution in [3.8, 4) is 6.07 Å². The van der Waals surface area contributed by atoms with Gasteiger partial charge in [0.2, 0.25) is 0 Å². The van der Waals surface area contributed by atoms with Gasteiger partial charge in [0.25, 0.3) is 0 Å². The van der Waals surface area contributed by atoms with E-state index in [1.165, 1.54) is 20.8 Å². The molecule has 0 heterocycles. The molecule has 0 aromatic rings. The molecule has 0 rings (SSSR count). The minimum absolute atomic E-state index is 0. The van der Waals surface area contributed by atoms with Gasteiger partial charge in [-0.2, -0.15) is 5.26 Å². The largest absolute Gasteiger partial charge is 0.300 e. The van der Waals surface area contributed by atoms with Crippen LogP contribution in [0, 0.1) is 11.3 Å². The van der Waals surface area contributed by atoms with E-state index in [9.17, 15) is 4.79 Å². The molecular formula is C5H9NOZn. The summed E-state index contributed by atoms with van der Waals surface area (Å²) >= 11 is 0. The summed E-state index contributed by atoms with van der Waals surface area (Å²) in [6.07, 6.45) is 0. The summed E-state index contributed by atoms with van der Waals surface area (Å²) < 4.78 is 0. The zero-order chi connectivity index (χ0) is 6.28. The molecule has 0 fully saturated rings. The van der Waals surface area contributed by atoms with E-state index in [0.29, 0.717) is 0 Å². The first-order chi connectivity index (χ1) is 3.15. The molecule has 0 aliphatic rings. The fraction of sp³-hybridized carbons (Fsp3) is 0.600. The molecule has 0 aromatic carbocycles. The van der Waals surface area contributed by atoms with Gasteiger partial charge in [-0.25, -0.2) is 0 Å². The van der Waals surface area contributed by atoms with E-state index in [1.807, 2.05) is 0 Å². The van der Waals surface area contributed by atoms with Crippen molar-refractivity contribution in [2.45, 2.75) is 20.8 Å². The molecule has 0 saturated heterocycles. The maximum absolute atomic E-state index is 9.44. The fourth-order valence-electron chi connectivity index (χ4n) is 0. The van der Waals surface area contributed by atoms with E-state index in [4.69, 9.17) is 5.26 Å². The molecule has 0 N–H and O–H groups in total. The third-order valence-electron chi connectivity index (χ3n) is 0. The van der Waals surface area contributed by atoms with Crippen molar-refractivity contribution >= 4 is 5.78 Å². The summed E-state index contributed by atoms with van der Waals surface area (Å²) in [5.74, 6) is 0.167. The Balaban J connectivity index is -0.0000000575. The van der Waals surface area contributed by atoms with Gasteiger partial charge in [0.05, 0.1) is 6.07 Å². The maximum Gasteiger partial charge on any atom is 0.126 e. The van der Waals surface area contributed by atoms with E-state index in [2.05, 4.69) is 0 Å². The minimum atomic E-state index is 0. The fourth-order valence-corrected chi connectivity index (χ4v) is 0. The number of hydrogen-bond donors (Lipinski definition) is 0. The second-order valence-electron chi connectivity index (χ2n) is 1.13. The number of nitriles is 1. The van der Waals surface area contributed by atoms with Crippen LogP contribution in [0.5, 0.6) is 0 Å². The molecule has 0 unspecified atom stereocenters. The molecule has 0 aliphatic heterocycles. The molecular weight excluding hydrogens is 155 g/mol. The molecule has 8 heavy (non-hydrogen) atoms. The van der Waals surface area contributed by atoms with Crippen molar-refractivity contribution in [2.75, 3.05) is 0 Å². The Kier molecular flexibility index (Phi) is 31.0. The normalized spacial score (nSPS) is 4.25. The number of hydrogen-bond acceptors (Lipinski definition) is 2. The van der Waals surface area contributed by atoms with Crippen LogP contribution >= 0.6 is 0 Å². The first-order valence-electron chi connectivity index (χ1n) is 1.93. The van der Waals surface area contributed by atoms with Gasteiger partial charge >= 0.3 is 0 Å².